The largest absolute Gasteiger partial charge is 0.481 e. The first-order valence-corrected chi connectivity index (χ1v) is 6.44. The number of urea groups is 1. The molecule has 114 valence electrons. The van der Waals surface area contributed by atoms with Crippen LogP contribution in [0.25, 0.3) is 0 Å². The Hall–Kier alpha value is -1.83. The summed E-state index contributed by atoms with van der Waals surface area (Å²) >= 11 is 0. The van der Waals surface area contributed by atoms with Crippen molar-refractivity contribution in [1.82, 2.24) is 10.2 Å². The van der Waals surface area contributed by atoms with Crippen LogP contribution in [0.15, 0.2) is 0 Å². The number of carboxylic acid groups (broad SMARTS) is 2. The van der Waals surface area contributed by atoms with Gasteiger partial charge in [-0.1, -0.05) is 0 Å². The van der Waals surface area contributed by atoms with Crippen LogP contribution in [0.3, 0.4) is 0 Å². The zero-order valence-corrected chi connectivity index (χ0v) is 11.3. The summed E-state index contributed by atoms with van der Waals surface area (Å²) in [5.74, 6) is -2.37. The van der Waals surface area contributed by atoms with Crippen molar-refractivity contribution < 1.29 is 29.7 Å². The molecule has 0 radical (unpaired) electrons. The minimum absolute atomic E-state index is 0.165. The van der Waals surface area contributed by atoms with Crippen molar-refractivity contribution in [2.45, 2.75) is 44.2 Å². The SMILES string of the molecule is CC1(O)CCN(C(=O)NC(CCC(=O)O)C(=O)O)CC1. The maximum absolute atomic E-state index is 11.9. The Morgan fingerprint density at radius 3 is 2.25 bits per heavy atom. The molecule has 0 aliphatic carbocycles. The topological polar surface area (TPSA) is 127 Å². The average molecular weight is 288 g/mol. The van der Waals surface area contributed by atoms with Crippen molar-refractivity contribution in [3.8, 4) is 0 Å². The number of hydrogen-bond acceptors (Lipinski definition) is 4. The first-order chi connectivity index (χ1) is 9.21. The normalized spacial score (nSPS) is 19.2. The van der Waals surface area contributed by atoms with Crippen molar-refractivity contribution in [1.29, 1.82) is 0 Å². The number of piperidine rings is 1. The van der Waals surface area contributed by atoms with Gasteiger partial charge in [0.1, 0.15) is 6.04 Å². The van der Waals surface area contributed by atoms with Gasteiger partial charge in [-0.3, -0.25) is 4.79 Å². The standard InChI is InChI=1S/C12H20N2O6/c1-12(20)4-6-14(7-5-12)11(19)13-8(10(17)18)2-3-9(15)16/h8,20H,2-7H2,1H3,(H,13,19)(H,15,16)(H,17,18). The van der Waals surface area contributed by atoms with Gasteiger partial charge in [0, 0.05) is 19.5 Å². The van der Waals surface area contributed by atoms with E-state index in [1.807, 2.05) is 0 Å². The van der Waals surface area contributed by atoms with Crippen LogP contribution in [0, 0.1) is 0 Å². The van der Waals surface area contributed by atoms with Gasteiger partial charge in [0.15, 0.2) is 0 Å². The van der Waals surface area contributed by atoms with E-state index in [1.54, 1.807) is 6.92 Å². The van der Waals surface area contributed by atoms with E-state index in [9.17, 15) is 19.5 Å². The van der Waals surface area contributed by atoms with Gasteiger partial charge >= 0.3 is 18.0 Å². The Bertz CT molecular complexity index is 385. The third-order valence-electron chi connectivity index (χ3n) is 3.37. The predicted octanol–water partition coefficient (Wildman–Crippen LogP) is -0.139. The number of carbonyl (C=O) groups excluding carboxylic acids is 1. The van der Waals surface area contributed by atoms with Gasteiger partial charge < -0.3 is 25.5 Å². The van der Waals surface area contributed by atoms with Gasteiger partial charge in [0.2, 0.25) is 0 Å². The highest BCUT2D eigenvalue weighted by Crippen LogP contribution is 2.21. The van der Waals surface area contributed by atoms with Crippen molar-refractivity contribution in [3.63, 3.8) is 0 Å². The number of rotatable bonds is 5. The molecular weight excluding hydrogens is 268 g/mol. The van der Waals surface area contributed by atoms with Gasteiger partial charge in [-0.15, -0.1) is 0 Å². The monoisotopic (exact) mass is 288 g/mol. The Balaban J connectivity index is 2.50. The maximum Gasteiger partial charge on any atom is 0.326 e. The number of hydrogen-bond donors (Lipinski definition) is 4. The summed E-state index contributed by atoms with van der Waals surface area (Å²) in [6.45, 7) is 2.36. The molecule has 0 aromatic heterocycles. The summed E-state index contributed by atoms with van der Waals surface area (Å²) < 4.78 is 0. The summed E-state index contributed by atoms with van der Waals surface area (Å²) in [7, 11) is 0. The lowest BCUT2D eigenvalue weighted by molar-refractivity contribution is -0.140. The van der Waals surface area contributed by atoms with Crippen LogP contribution in [0.2, 0.25) is 0 Å². The fourth-order valence-electron chi connectivity index (χ4n) is 1.96. The summed E-state index contributed by atoms with van der Waals surface area (Å²) in [6, 6.07) is -1.76. The molecule has 0 aromatic rings. The van der Waals surface area contributed by atoms with Crippen LogP contribution in [0.5, 0.6) is 0 Å². The lowest BCUT2D eigenvalue weighted by atomic mass is 9.94. The second-order valence-electron chi connectivity index (χ2n) is 5.26. The number of amides is 2. The molecule has 1 heterocycles. The van der Waals surface area contributed by atoms with E-state index in [1.165, 1.54) is 4.90 Å². The van der Waals surface area contributed by atoms with E-state index in [2.05, 4.69) is 5.32 Å². The summed E-state index contributed by atoms with van der Waals surface area (Å²) in [5, 5.41) is 29.6. The number of nitrogens with one attached hydrogen (secondary N) is 1. The van der Waals surface area contributed by atoms with E-state index < -0.39 is 29.6 Å². The number of carboxylic acids is 2. The second kappa shape index (κ2) is 6.56. The molecular formula is C12H20N2O6. The molecule has 0 saturated carbocycles. The molecule has 1 aliphatic rings. The van der Waals surface area contributed by atoms with E-state index in [4.69, 9.17) is 10.2 Å². The summed E-state index contributed by atoms with van der Waals surface area (Å²) in [6.07, 6.45) is 0.356. The Kier molecular flexibility index (Phi) is 5.32. The van der Waals surface area contributed by atoms with Crippen LogP contribution >= 0.6 is 0 Å². The van der Waals surface area contributed by atoms with Crippen LogP contribution < -0.4 is 5.32 Å². The molecule has 0 aromatic carbocycles. The number of nitrogens with zero attached hydrogens (tertiary/aromatic N) is 1. The van der Waals surface area contributed by atoms with E-state index >= 15 is 0 Å². The molecule has 1 unspecified atom stereocenters. The molecule has 8 nitrogen and oxygen atoms in total. The highest BCUT2D eigenvalue weighted by molar-refractivity contribution is 5.83. The minimum atomic E-state index is -1.26. The number of carbonyl (C=O) groups is 3. The van der Waals surface area contributed by atoms with E-state index in [-0.39, 0.29) is 12.8 Å². The number of aliphatic carboxylic acids is 2. The summed E-state index contributed by atoms with van der Waals surface area (Å²) in [4.78, 5) is 34.7. The molecule has 0 bridgehead atoms. The van der Waals surface area contributed by atoms with Crippen LogP contribution in [0.4, 0.5) is 4.79 Å². The van der Waals surface area contributed by atoms with Gasteiger partial charge in [-0.2, -0.15) is 0 Å². The molecule has 20 heavy (non-hydrogen) atoms. The Morgan fingerprint density at radius 1 is 1.25 bits per heavy atom. The molecule has 2 amide bonds. The van der Waals surface area contributed by atoms with Gasteiger partial charge in [-0.05, 0) is 26.2 Å². The Morgan fingerprint density at radius 2 is 1.80 bits per heavy atom. The van der Waals surface area contributed by atoms with Crippen LogP contribution in [0.1, 0.15) is 32.6 Å². The van der Waals surface area contributed by atoms with Gasteiger partial charge in [0.05, 0.1) is 5.60 Å². The number of aliphatic hydroxyl groups is 1. The molecule has 1 fully saturated rings. The fraction of sp³-hybridized carbons (Fsp3) is 0.750. The average Bonchev–Trinajstić information content (AvgIpc) is 2.33. The highest BCUT2D eigenvalue weighted by atomic mass is 16.4. The molecule has 4 N–H and O–H groups in total. The molecule has 0 spiro atoms. The smallest absolute Gasteiger partial charge is 0.326 e. The lowest BCUT2D eigenvalue weighted by Gasteiger charge is -2.36. The van der Waals surface area contributed by atoms with Gasteiger partial charge in [-0.25, -0.2) is 9.59 Å². The first kappa shape index (κ1) is 16.2. The van der Waals surface area contributed by atoms with Crippen molar-refractivity contribution in [2.24, 2.45) is 0 Å². The highest BCUT2D eigenvalue weighted by Gasteiger charge is 2.31. The fourth-order valence-corrected chi connectivity index (χ4v) is 1.96. The molecule has 8 heteroatoms. The third kappa shape index (κ3) is 5.04. The second-order valence-corrected chi connectivity index (χ2v) is 5.26. The quantitative estimate of drug-likeness (QED) is 0.557. The van der Waals surface area contributed by atoms with E-state index in [0.717, 1.165) is 0 Å². The molecule has 1 saturated heterocycles. The zero-order chi connectivity index (χ0) is 15.3. The van der Waals surface area contributed by atoms with Crippen molar-refractivity contribution in [2.75, 3.05) is 13.1 Å². The van der Waals surface area contributed by atoms with Crippen LogP contribution in [-0.2, 0) is 9.59 Å². The molecule has 1 rings (SSSR count). The van der Waals surface area contributed by atoms with Crippen molar-refractivity contribution in [3.05, 3.63) is 0 Å². The Labute approximate surface area is 116 Å². The third-order valence-corrected chi connectivity index (χ3v) is 3.37. The molecule has 1 atom stereocenters. The van der Waals surface area contributed by atoms with Crippen molar-refractivity contribution >= 4 is 18.0 Å². The first-order valence-electron chi connectivity index (χ1n) is 6.44. The minimum Gasteiger partial charge on any atom is -0.481 e. The number of likely N-dealkylation sites (tertiary alicyclic amines) is 1. The van der Waals surface area contributed by atoms with Gasteiger partial charge in [0.25, 0.3) is 0 Å². The maximum atomic E-state index is 11.9. The zero-order valence-electron chi connectivity index (χ0n) is 11.3. The van der Waals surface area contributed by atoms with Crippen LogP contribution in [-0.4, -0.2) is 62.9 Å². The predicted molar refractivity (Wildman–Crippen MR) is 68.3 cm³/mol. The van der Waals surface area contributed by atoms with E-state index in [0.29, 0.717) is 25.9 Å². The summed E-state index contributed by atoms with van der Waals surface area (Å²) in [5.41, 5.74) is -0.799. The lowest BCUT2D eigenvalue weighted by Crippen LogP contribution is -2.52. The molecule has 1 aliphatic heterocycles.